The van der Waals surface area contributed by atoms with Gasteiger partial charge in [-0.15, -0.1) is 0 Å². The van der Waals surface area contributed by atoms with Crippen molar-refractivity contribution in [1.29, 1.82) is 0 Å². The monoisotopic (exact) mass is 514 g/mol. The van der Waals surface area contributed by atoms with Gasteiger partial charge in [-0.2, -0.15) is 18.2 Å². The number of alkyl halides is 3. The molecule has 0 saturated heterocycles. The standard InChI is InChI=1S/C25H21F3N4O3S/c1-2-3-19(23(34)35)31-22(33)16-6-4-14(5-7-16)15-8-10-18(11-9-15)30-24-32-21-20(36-24)12-17(13-29-21)25(26,27)28/h4-13,19H,2-3H2,1H3,(H,31,33)(H,34,35)(H,29,30,32)/t19-/m0/s1. The van der Waals surface area contributed by atoms with Crippen molar-refractivity contribution in [1.82, 2.24) is 15.3 Å². The Morgan fingerprint density at radius 3 is 2.28 bits per heavy atom. The predicted octanol–water partition coefficient (Wildman–Crippen LogP) is 6.10. The van der Waals surface area contributed by atoms with Gasteiger partial charge in [0, 0.05) is 17.4 Å². The first-order valence-corrected chi connectivity index (χ1v) is 11.8. The summed E-state index contributed by atoms with van der Waals surface area (Å²) in [6, 6.07) is 14.2. The number of hydrogen-bond donors (Lipinski definition) is 3. The molecule has 0 bridgehead atoms. The fourth-order valence-corrected chi connectivity index (χ4v) is 4.38. The molecule has 0 radical (unpaired) electrons. The Labute approximate surface area is 208 Å². The highest BCUT2D eigenvalue weighted by Gasteiger charge is 2.31. The van der Waals surface area contributed by atoms with Gasteiger partial charge >= 0.3 is 12.1 Å². The van der Waals surface area contributed by atoms with Crippen LogP contribution in [0, 0.1) is 0 Å². The minimum Gasteiger partial charge on any atom is -0.480 e. The third kappa shape index (κ3) is 5.80. The van der Waals surface area contributed by atoms with E-state index in [2.05, 4.69) is 20.6 Å². The molecular weight excluding hydrogens is 493 g/mol. The van der Waals surface area contributed by atoms with Crippen LogP contribution in [0.3, 0.4) is 0 Å². The van der Waals surface area contributed by atoms with Crippen molar-refractivity contribution < 1.29 is 27.9 Å². The number of thiazole rings is 1. The first kappa shape index (κ1) is 25.1. The van der Waals surface area contributed by atoms with E-state index in [-0.39, 0.29) is 5.65 Å². The largest absolute Gasteiger partial charge is 0.480 e. The van der Waals surface area contributed by atoms with E-state index in [1.165, 1.54) is 0 Å². The van der Waals surface area contributed by atoms with Crippen LogP contribution in [0.5, 0.6) is 0 Å². The molecule has 0 spiro atoms. The highest BCUT2D eigenvalue weighted by molar-refractivity contribution is 7.22. The van der Waals surface area contributed by atoms with Crippen molar-refractivity contribution >= 4 is 44.4 Å². The number of anilines is 2. The molecule has 0 aliphatic carbocycles. The fraction of sp³-hybridized carbons (Fsp3) is 0.200. The number of halogens is 3. The summed E-state index contributed by atoms with van der Waals surface area (Å²) < 4.78 is 39.0. The van der Waals surface area contributed by atoms with Crippen LogP contribution in [0.4, 0.5) is 24.0 Å². The second-order valence-electron chi connectivity index (χ2n) is 8.00. The number of nitrogens with one attached hydrogen (secondary N) is 2. The summed E-state index contributed by atoms with van der Waals surface area (Å²) >= 11 is 1.08. The Kier molecular flexibility index (Phi) is 7.20. The summed E-state index contributed by atoms with van der Waals surface area (Å²) in [5.74, 6) is -1.52. The number of rotatable bonds is 8. The summed E-state index contributed by atoms with van der Waals surface area (Å²) in [6.45, 7) is 1.85. The number of carbonyl (C=O) groups is 2. The molecule has 7 nitrogen and oxygen atoms in total. The average Bonchev–Trinajstić information content (AvgIpc) is 3.25. The molecule has 3 N–H and O–H groups in total. The van der Waals surface area contributed by atoms with Crippen molar-refractivity contribution in [2.24, 2.45) is 0 Å². The zero-order chi connectivity index (χ0) is 25.9. The lowest BCUT2D eigenvalue weighted by Crippen LogP contribution is -2.40. The molecule has 0 saturated carbocycles. The van der Waals surface area contributed by atoms with Crippen LogP contribution in [0.1, 0.15) is 35.7 Å². The van der Waals surface area contributed by atoms with Gasteiger partial charge in [-0.05, 0) is 47.9 Å². The number of aliphatic carboxylic acids is 1. The molecule has 0 aliphatic rings. The van der Waals surface area contributed by atoms with Crippen molar-refractivity contribution in [2.75, 3.05) is 5.32 Å². The van der Waals surface area contributed by atoms with Gasteiger partial charge in [-0.25, -0.2) is 9.78 Å². The highest BCUT2D eigenvalue weighted by atomic mass is 32.1. The zero-order valence-electron chi connectivity index (χ0n) is 19.0. The molecule has 11 heteroatoms. The zero-order valence-corrected chi connectivity index (χ0v) is 19.8. The minimum absolute atomic E-state index is 0.237. The van der Waals surface area contributed by atoms with E-state index >= 15 is 0 Å². The number of fused-ring (bicyclic) bond motifs is 1. The maximum Gasteiger partial charge on any atom is 0.417 e. The van der Waals surface area contributed by atoms with E-state index in [9.17, 15) is 27.9 Å². The SMILES string of the molecule is CCC[C@H](NC(=O)c1ccc(-c2ccc(Nc3nc4ncc(C(F)(F)F)cc4s3)cc2)cc1)C(=O)O. The quantitative estimate of drug-likeness (QED) is 0.262. The molecule has 4 rings (SSSR count). The third-order valence-corrected chi connectivity index (χ3v) is 6.28. The maximum atomic E-state index is 12.9. The van der Waals surface area contributed by atoms with Crippen LogP contribution < -0.4 is 10.6 Å². The number of nitrogens with zero attached hydrogens (tertiary/aromatic N) is 2. The lowest BCUT2D eigenvalue weighted by Gasteiger charge is -2.13. The second-order valence-corrected chi connectivity index (χ2v) is 9.03. The molecule has 2 heterocycles. The van der Waals surface area contributed by atoms with Crippen LogP contribution in [-0.2, 0) is 11.0 Å². The lowest BCUT2D eigenvalue weighted by molar-refractivity contribution is -0.139. The summed E-state index contributed by atoms with van der Waals surface area (Å²) in [7, 11) is 0. The van der Waals surface area contributed by atoms with Crippen molar-refractivity contribution in [3.63, 3.8) is 0 Å². The number of benzene rings is 2. The van der Waals surface area contributed by atoms with E-state index in [1.807, 2.05) is 19.1 Å². The first-order chi connectivity index (χ1) is 17.1. The van der Waals surface area contributed by atoms with Gasteiger partial charge < -0.3 is 15.7 Å². The number of carboxylic acids is 1. The van der Waals surface area contributed by atoms with Crippen molar-refractivity contribution in [3.05, 3.63) is 71.9 Å². The van der Waals surface area contributed by atoms with E-state index in [0.29, 0.717) is 33.9 Å². The summed E-state index contributed by atoms with van der Waals surface area (Å²) in [4.78, 5) is 31.7. The van der Waals surface area contributed by atoms with E-state index in [0.717, 1.165) is 34.7 Å². The van der Waals surface area contributed by atoms with Crippen LogP contribution in [0.2, 0.25) is 0 Å². The number of carboxylic acid groups (broad SMARTS) is 1. The normalized spacial score (nSPS) is 12.3. The Hall–Kier alpha value is -3.99. The number of amides is 1. The molecule has 2 aromatic heterocycles. The van der Waals surface area contributed by atoms with E-state index in [4.69, 9.17) is 0 Å². The smallest absolute Gasteiger partial charge is 0.417 e. The first-order valence-electron chi connectivity index (χ1n) is 11.0. The molecule has 1 amide bonds. The number of aromatic nitrogens is 2. The summed E-state index contributed by atoms with van der Waals surface area (Å²) in [5, 5.41) is 15.2. The molecule has 4 aromatic rings. The Morgan fingerprint density at radius 1 is 1.06 bits per heavy atom. The molecule has 36 heavy (non-hydrogen) atoms. The minimum atomic E-state index is -4.47. The molecule has 0 fully saturated rings. The van der Waals surface area contributed by atoms with Crippen LogP contribution in [0.25, 0.3) is 21.5 Å². The Balaban J connectivity index is 1.43. The second kappa shape index (κ2) is 10.3. The number of hydrogen-bond acceptors (Lipinski definition) is 6. The van der Waals surface area contributed by atoms with Crippen molar-refractivity contribution in [3.8, 4) is 11.1 Å². The molecule has 186 valence electrons. The number of carbonyl (C=O) groups excluding carboxylic acids is 1. The van der Waals surface area contributed by atoms with Gasteiger partial charge in [-0.3, -0.25) is 4.79 Å². The Morgan fingerprint density at radius 2 is 1.69 bits per heavy atom. The Bertz CT molecular complexity index is 1390. The molecule has 0 aliphatic heterocycles. The van der Waals surface area contributed by atoms with Crippen molar-refractivity contribution in [2.45, 2.75) is 32.0 Å². The molecule has 1 atom stereocenters. The van der Waals surface area contributed by atoms with Gasteiger partial charge in [0.25, 0.3) is 5.91 Å². The summed E-state index contributed by atoms with van der Waals surface area (Å²) in [6.07, 6.45) is -2.71. The number of pyridine rings is 1. The van der Waals surface area contributed by atoms with Gasteiger partial charge in [0.2, 0.25) is 0 Å². The van der Waals surface area contributed by atoms with Crippen LogP contribution >= 0.6 is 11.3 Å². The molecule has 2 aromatic carbocycles. The lowest BCUT2D eigenvalue weighted by atomic mass is 10.0. The van der Waals surface area contributed by atoms with E-state index in [1.54, 1.807) is 36.4 Å². The third-order valence-electron chi connectivity index (χ3n) is 5.37. The van der Waals surface area contributed by atoms with Crippen LogP contribution in [0.15, 0.2) is 60.8 Å². The molecular formula is C25H21F3N4O3S. The fourth-order valence-electron chi connectivity index (χ4n) is 3.50. The van der Waals surface area contributed by atoms with Gasteiger partial charge in [0.1, 0.15) is 6.04 Å². The van der Waals surface area contributed by atoms with E-state index < -0.39 is 29.7 Å². The predicted molar refractivity (Wildman–Crippen MR) is 131 cm³/mol. The maximum absolute atomic E-state index is 12.9. The van der Waals surface area contributed by atoms with Gasteiger partial charge in [-0.1, -0.05) is 48.9 Å². The van der Waals surface area contributed by atoms with Gasteiger partial charge in [0.05, 0.1) is 10.3 Å². The summed E-state index contributed by atoms with van der Waals surface area (Å²) in [5.41, 5.74) is 2.20. The van der Waals surface area contributed by atoms with Crippen LogP contribution in [-0.4, -0.2) is 33.0 Å². The average molecular weight is 515 g/mol. The topological polar surface area (TPSA) is 104 Å². The van der Waals surface area contributed by atoms with Gasteiger partial charge in [0.15, 0.2) is 10.8 Å². The molecule has 0 unspecified atom stereocenters. The highest BCUT2D eigenvalue weighted by Crippen LogP contribution is 2.34.